The summed E-state index contributed by atoms with van der Waals surface area (Å²) in [7, 11) is -2.83. The highest BCUT2D eigenvalue weighted by atomic mass is 32.2. The molecule has 1 aromatic heterocycles. The molecule has 2 unspecified atom stereocenters. The fraction of sp³-hybridized carbons (Fsp3) is 0.833. The lowest BCUT2D eigenvalue weighted by Gasteiger charge is -2.22. The Kier molecular flexibility index (Phi) is 3.34. The fourth-order valence-electron chi connectivity index (χ4n) is 3.13. The molecule has 3 rings (SSSR count). The fourth-order valence-corrected chi connectivity index (χ4v) is 5.00. The second-order valence-electron chi connectivity index (χ2n) is 5.62. The number of aliphatic hydroxyl groups is 1. The second kappa shape index (κ2) is 4.86. The molecule has 0 saturated carbocycles. The minimum Gasteiger partial charge on any atom is -0.396 e. The Morgan fingerprint density at radius 2 is 2.16 bits per heavy atom. The predicted molar refractivity (Wildman–Crippen MR) is 69.5 cm³/mol. The highest BCUT2D eigenvalue weighted by Crippen LogP contribution is 2.28. The van der Waals surface area contributed by atoms with Gasteiger partial charge in [-0.05, 0) is 25.2 Å². The first kappa shape index (κ1) is 13.1. The zero-order chi connectivity index (χ0) is 13.5. The molecule has 19 heavy (non-hydrogen) atoms. The number of aromatic nitrogens is 3. The van der Waals surface area contributed by atoms with Crippen molar-refractivity contribution in [2.45, 2.75) is 38.1 Å². The molecule has 0 amide bonds. The third-order valence-electron chi connectivity index (χ3n) is 4.17. The Bertz CT molecular complexity index is 567. The molecule has 1 saturated heterocycles. The first-order chi connectivity index (χ1) is 9.09. The van der Waals surface area contributed by atoms with Crippen molar-refractivity contribution < 1.29 is 13.5 Å². The van der Waals surface area contributed by atoms with Gasteiger partial charge in [0.1, 0.15) is 11.6 Å². The molecule has 0 spiro atoms. The van der Waals surface area contributed by atoms with Crippen LogP contribution in [-0.4, -0.2) is 46.4 Å². The Morgan fingerprint density at radius 3 is 2.84 bits per heavy atom. The topological polar surface area (TPSA) is 85.1 Å². The highest BCUT2D eigenvalue weighted by molar-refractivity contribution is 7.91. The predicted octanol–water partition coefficient (Wildman–Crippen LogP) is 0.125. The lowest BCUT2D eigenvalue weighted by atomic mass is 9.99. The van der Waals surface area contributed by atoms with Gasteiger partial charge in [0, 0.05) is 18.9 Å². The molecule has 2 aliphatic rings. The lowest BCUT2D eigenvalue weighted by molar-refractivity contribution is 0.237. The number of hydrogen-bond donors (Lipinski definition) is 1. The maximum absolute atomic E-state index is 11.5. The standard InChI is InChI=1S/C12H19N3O3S/c16-7-10-2-1-4-15-11(13-14-12(10)15)6-9-3-5-19(17,18)8-9/h9-10,16H,1-8H2. The van der Waals surface area contributed by atoms with Crippen molar-refractivity contribution in [1.29, 1.82) is 0 Å². The van der Waals surface area contributed by atoms with E-state index in [1.54, 1.807) is 0 Å². The molecular weight excluding hydrogens is 266 g/mol. The number of fused-ring (bicyclic) bond motifs is 1. The highest BCUT2D eigenvalue weighted by Gasteiger charge is 2.31. The molecule has 0 radical (unpaired) electrons. The average Bonchev–Trinajstić information content (AvgIpc) is 2.93. The van der Waals surface area contributed by atoms with Gasteiger partial charge >= 0.3 is 0 Å². The molecular formula is C12H19N3O3S. The summed E-state index contributed by atoms with van der Waals surface area (Å²) >= 11 is 0. The maximum atomic E-state index is 11.5. The van der Waals surface area contributed by atoms with Crippen LogP contribution in [0.2, 0.25) is 0 Å². The maximum Gasteiger partial charge on any atom is 0.150 e. The third-order valence-corrected chi connectivity index (χ3v) is 6.01. The molecule has 1 N–H and O–H groups in total. The number of nitrogens with zero attached hydrogens (tertiary/aromatic N) is 3. The van der Waals surface area contributed by atoms with E-state index in [1.165, 1.54) is 0 Å². The average molecular weight is 285 g/mol. The van der Waals surface area contributed by atoms with Crippen LogP contribution >= 0.6 is 0 Å². The normalized spacial score (nSPS) is 29.3. The summed E-state index contributed by atoms with van der Waals surface area (Å²) < 4.78 is 25.0. The van der Waals surface area contributed by atoms with E-state index >= 15 is 0 Å². The van der Waals surface area contributed by atoms with Gasteiger partial charge < -0.3 is 9.67 Å². The van der Waals surface area contributed by atoms with E-state index in [4.69, 9.17) is 0 Å². The summed E-state index contributed by atoms with van der Waals surface area (Å²) in [5.41, 5.74) is 0. The van der Waals surface area contributed by atoms with Crippen molar-refractivity contribution in [3.8, 4) is 0 Å². The van der Waals surface area contributed by atoms with Crippen molar-refractivity contribution in [2.24, 2.45) is 5.92 Å². The molecule has 1 fully saturated rings. The molecule has 7 heteroatoms. The molecule has 2 aliphatic heterocycles. The van der Waals surface area contributed by atoms with E-state index < -0.39 is 9.84 Å². The van der Waals surface area contributed by atoms with E-state index in [0.29, 0.717) is 12.2 Å². The van der Waals surface area contributed by atoms with E-state index in [1.807, 2.05) is 0 Å². The van der Waals surface area contributed by atoms with Crippen molar-refractivity contribution in [3.63, 3.8) is 0 Å². The van der Waals surface area contributed by atoms with Crippen LogP contribution in [0, 0.1) is 5.92 Å². The van der Waals surface area contributed by atoms with Crippen LogP contribution < -0.4 is 0 Å². The zero-order valence-corrected chi connectivity index (χ0v) is 11.6. The van der Waals surface area contributed by atoms with E-state index in [-0.39, 0.29) is 24.2 Å². The number of rotatable bonds is 3. The minimum atomic E-state index is -2.83. The van der Waals surface area contributed by atoms with Crippen molar-refractivity contribution in [1.82, 2.24) is 14.8 Å². The Balaban J connectivity index is 1.78. The Morgan fingerprint density at radius 1 is 1.32 bits per heavy atom. The molecule has 1 aromatic rings. The minimum absolute atomic E-state index is 0.0855. The molecule has 0 aromatic carbocycles. The van der Waals surface area contributed by atoms with Gasteiger partial charge in [-0.15, -0.1) is 10.2 Å². The SMILES string of the molecule is O=S1(=O)CCC(Cc2nnc3n2CCCC3CO)C1. The third kappa shape index (κ3) is 2.53. The summed E-state index contributed by atoms with van der Waals surface area (Å²) in [4.78, 5) is 0. The van der Waals surface area contributed by atoms with Crippen LogP contribution in [0.3, 0.4) is 0 Å². The van der Waals surface area contributed by atoms with Gasteiger partial charge in [0.2, 0.25) is 0 Å². The van der Waals surface area contributed by atoms with Gasteiger partial charge in [0.25, 0.3) is 0 Å². The largest absolute Gasteiger partial charge is 0.396 e. The number of aliphatic hydroxyl groups excluding tert-OH is 1. The monoisotopic (exact) mass is 285 g/mol. The van der Waals surface area contributed by atoms with Gasteiger partial charge in [-0.1, -0.05) is 0 Å². The Hall–Kier alpha value is -0.950. The summed E-state index contributed by atoms with van der Waals surface area (Å²) in [6.45, 7) is 0.990. The first-order valence-electron chi connectivity index (χ1n) is 6.82. The van der Waals surface area contributed by atoms with Crippen LogP contribution in [0.25, 0.3) is 0 Å². The molecule has 2 atom stereocenters. The van der Waals surface area contributed by atoms with Gasteiger partial charge in [0.15, 0.2) is 9.84 Å². The number of hydrogen-bond acceptors (Lipinski definition) is 5. The second-order valence-corrected chi connectivity index (χ2v) is 7.85. The van der Waals surface area contributed by atoms with Gasteiger partial charge in [-0.3, -0.25) is 0 Å². The van der Waals surface area contributed by atoms with E-state index in [9.17, 15) is 13.5 Å². The van der Waals surface area contributed by atoms with E-state index in [2.05, 4.69) is 14.8 Å². The molecule has 106 valence electrons. The van der Waals surface area contributed by atoms with Crippen LogP contribution in [-0.2, 0) is 22.8 Å². The van der Waals surface area contributed by atoms with Crippen molar-refractivity contribution >= 4 is 9.84 Å². The summed E-state index contributed by atoms with van der Waals surface area (Å²) in [5.74, 6) is 2.59. The molecule has 6 nitrogen and oxygen atoms in total. The van der Waals surface area contributed by atoms with Crippen LogP contribution in [0.5, 0.6) is 0 Å². The molecule has 3 heterocycles. The summed E-state index contributed by atoms with van der Waals surface area (Å²) in [6.07, 6.45) is 3.39. The van der Waals surface area contributed by atoms with Gasteiger partial charge in [-0.25, -0.2) is 8.42 Å². The lowest BCUT2D eigenvalue weighted by Crippen LogP contribution is -2.21. The zero-order valence-electron chi connectivity index (χ0n) is 10.8. The summed E-state index contributed by atoms with van der Waals surface area (Å²) in [5, 5.41) is 17.7. The van der Waals surface area contributed by atoms with Crippen molar-refractivity contribution in [3.05, 3.63) is 11.6 Å². The smallest absolute Gasteiger partial charge is 0.150 e. The first-order valence-corrected chi connectivity index (χ1v) is 8.64. The Labute approximate surface area is 112 Å². The quantitative estimate of drug-likeness (QED) is 0.853. The van der Waals surface area contributed by atoms with Gasteiger partial charge in [-0.2, -0.15) is 0 Å². The molecule has 0 aliphatic carbocycles. The number of sulfone groups is 1. The molecule has 0 bridgehead atoms. The van der Waals surface area contributed by atoms with Crippen LogP contribution in [0.15, 0.2) is 0 Å². The van der Waals surface area contributed by atoms with Crippen molar-refractivity contribution in [2.75, 3.05) is 18.1 Å². The van der Waals surface area contributed by atoms with Crippen LogP contribution in [0.4, 0.5) is 0 Å². The van der Waals surface area contributed by atoms with Gasteiger partial charge in [0.05, 0.1) is 18.1 Å². The summed E-state index contributed by atoms with van der Waals surface area (Å²) in [6, 6.07) is 0. The van der Waals surface area contributed by atoms with Crippen LogP contribution in [0.1, 0.15) is 36.8 Å². The van der Waals surface area contributed by atoms with E-state index in [0.717, 1.165) is 37.5 Å².